The Morgan fingerprint density at radius 3 is 2.37 bits per heavy atom. The molecule has 0 saturated carbocycles. The third-order valence-corrected chi connectivity index (χ3v) is 5.45. The maximum atomic E-state index is 12.7. The molecule has 0 aliphatic carbocycles. The monoisotopic (exact) mass is 432 g/mol. The van der Waals surface area contributed by atoms with Gasteiger partial charge < -0.3 is 14.2 Å². The van der Waals surface area contributed by atoms with Crippen LogP contribution < -0.4 is 0 Å². The van der Waals surface area contributed by atoms with Crippen molar-refractivity contribution in [3.63, 3.8) is 0 Å². The molecule has 0 amide bonds. The zero-order valence-electron chi connectivity index (χ0n) is 18.0. The van der Waals surface area contributed by atoms with Gasteiger partial charge in [-0.3, -0.25) is 4.79 Å². The van der Waals surface area contributed by atoms with Crippen LogP contribution in [0.15, 0.2) is 77.6 Å². The minimum absolute atomic E-state index is 0.105. The predicted octanol–water partition coefficient (Wildman–Crippen LogP) is 4.86. The highest BCUT2D eigenvalue weighted by Gasteiger charge is 2.17. The van der Waals surface area contributed by atoms with Gasteiger partial charge in [-0.2, -0.15) is 0 Å². The number of hydrogen-bond donors (Lipinski definition) is 0. The molecule has 164 valence electrons. The molecule has 6 heteroatoms. The van der Waals surface area contributed by atoms with Crippen molar-refractivity contribution in [2.75, 3.05) is 21.0 Å². The Morgan fingerprint density at radius 1 is 1.13 bits per heavy atom. The van der Waals surface area contributed by atoms with Crippen LogP contribution in [-0.4, -0.2) is 37.3 Å². The second kappa shape index (κ2) is 14.7. The van der Waals surface area contributed by atoms with Gasteiger partial charge in [0.2, 0.25) is 0 Å². The molecule has 0 aliphatic rings. The standard InChI is InChI=1S/C24H32O5S/c1-6-8-20(17-24(25)28-5)16-21(23(9-7-2)29-18-27-4)14-15-30(26)22-12-10-19(3)11-13-22/h6-7,10-16,20,23H,1-2,8-9,17-18H2,3-5H3/b15-14-,21-16-/t20-,23+,30+/m0/s1. The molecule has 0 aromatic heterocycles. The van der Waals surface area contributed by atoms with Crippen molar-refractivity contribution < 1.29 is 23.2 Å². The molecular formula is C24H32O5S. The number of carbonyl (C=O) groups is 1. The minimum Gasteiger partial charge on any atom is -0.469 e. The summed E-state index contributed by atoms with van der Waals surface area (Å²) < 4.78 is 28.4. The first-order valence-electron chi connectivity index (χ1n) is 9.71. The number of benzene rings is 1. The highest BCUT2D eigenvalue weighted by Crippen LogP contribution is 2.22. The fourth-order valence-corrected chi connectivity index (χ4v) is 3.60. The van der Waals surface area contributed by atoms with Crippen LogP contribution in [0.5, 0.6) is 0 Å². The lowest BCUT2D eigenvalue weighted by Gasteiger charge is -2.20. The summed E-state index contributed by atoms with van der Waals surface area (Å²) in [5.41, 5.74) is 1.90. The summed E-state index contributed by atoms with van der Waals surface area (Å²) in [4.78, 5) is 12.5. The van der Waals surface area contributed by atoms with Gasteiger partial charge in [-0.1, -0.05) is 35.9 Å². The molecule has 0 fully saturated rings. The maximum absolute atomic E-state index is 12.7. The van der Waals surface area contributed by atoms with Crippen molar-refractivity contribution in [1.29, 1.82) is 0 Å². The molecule has 1 rings (SSSR count). The number of methoxy groups -OCH3 is 2. The van der Waals surface area contributed by atoms with Crippen LogP contribution in [0.25, 0.3) is 0 Å². The summed E-state index contributed by atoms with van der Waals surface area (Å²) in [6, 6.07) is 7.55. The highest BCUT2D eigenvalue weighted by atomic mass is 32.2. The van der Waals surface area contributed by atoms with Crippen molar-refractivity contribution in [1.82, 2.24) is 0 Å². The Bertz CT molecular complexity index is 764. The Morgan fingerprint density at radius 2 is 1.80 bits per heavy atom. The summed E-state index contributed by atoms with van der Waals surface area (Å²) in [6.07, 6.45) is 8.24. The van der Waals surface area contributed by atoms with Gasteiger partial charge in [0.1, 0.15) is 6.79 Å². The van der Waals surface area contributed by atoms with Crippen molar-refractivity contribution in [3.8, 4) is 0 Å². The zero-order chi connectivity index (χ0) is 22.4. The van der Waals surface area contributed by atoms with Crippen LogP contribution in [0.2, 0.25) is 0 Å². The summed E-state index contributed by atoms with van der Waals surface area (Å²) in [7, 11) is 1.60. The molecule has 1 aromatic rings. The lowest BCUT2D eigenvalue weighted by molar-refractivity contribution is -0.141. The number of hydrogen-bond acceptors (Lipinski definition) is 5. The highest BCUT2D eigenvalue weighted by molar-refractivity contribution is 7.88. The Kier molecular flexibility index (Phi) is 12.6. The molecule has 0 radical (unpaired) electrons. The van der Waals surface area contributed by atoms with Crippen LogP contribution in [-0.2, 0) is 29.8 Å². The number of aryl methyl sites for hydroxylation is 1. The van der Waals surface area contributed by atoms with E-state index in [-0.39, 0.29) is 31.2 Å². The third-order valence-electron chi connectivity index (χ3n) is 4.33. The van der Waals surface area contributed by atoms with Gasteiger partial charge in [0.05, 0.1) is 30.4 Å². The Hall–Kier alpha value is -2.28. The molecule has 0 bridgehead atoms. The average molecular weight is 433 g/mol. The maximum Gasteiger partial charge on any atom is 0.306 e. The van der Waals surface area contributed by atoms with E-state index in [4.69, 9.17) is 14.2 Å². The van der Waals surface area contributed by atoms with E-state index in [0.717, 1.165) is 11.1 Å². The van der Waals surface area contributed by atoms with E-state index in [1.54, 1.807) is 30.7 Å². The van der Waals surface area contributed by atoms with Gasteiger partial charge in [-0.25, -0.2) is 4.21 Å². The second-order valence-corrected chi connectivity index (χ2v) is 8.07. The molecule has 1 aromatic carbocycles. The summed E-state index contributed by atoms with van der Waals surface area (Å²) in [6.45, 7) is 9.66. The number of allylic oxidation sites excluding steroid dienone is 2. The first kappa shape index (κ1) is 25.8. The van der Waals surface area contributed by atoms with E-state index in [9.17, 15) is 9.00 Å². The predicted molar refractivity (Wildman–Crippen MR) is 121 cm³/mol. The van der Waals surface area contributed by atoms with E-state index >= 15 is 0 Å². The van der Waals surface area contributed by atoms with Crippen molar-refractivity contribution in [2.45, 2.75) is 37.2 Å². The van der Waals surface area contributed by atoms with Crippen molar-refractivity contribution >= 4 is 16.8 Å². The van der Waals surface area contributed by atoms with Gasteiger partial charge in [0.15, 0.2) is 0 Å². The molecule has 0 saturated heterocycles. The lowest BCUT2D eigenvalue weighted by Crippen LogP contribution is -2.18. The Balaban J connectivity index is 3.22. The fourth-order valence-electron chi connectivity index (χ4n) is 2.76. The second-order valence-electron chi connectivity index (χ2n) is 6.73. The van der Waals surface area contributed by atoms with Crippen LogP contribution in [0, 0.1) is 12.8 Å². The van der Waals surface area contributed by atoms with Gasteiger partial charge in [0, 0.05) is 17.4 Å². The molecule has 0 unspecified atom stereocenters. The molecule has 30 heavy (non-hydrogen) atoms. The van der Waals surface area contributed by atoms with Crippen LogP contribution in [0.4, 0.5) is 0 Å². The normalized spacial score (nSPS) is 14.8. The molecule has 0 heterocycles. The SMILES string of the molecule is C=CC[C@@H](/C=C(/C=C\[S@@](=O)c1ccc(C)cc1)[C@@H](CC=C)OCOC)CC(=O)OC. The Labute approximate surface area is 182 Å². The van der Waals surface area contributed by atoms with E-state index in [1.165, 1.54) is 7.11 Å². The molecule has 0 spiro atoms. The van der Waals surface area contributed by atoms with E-state index in [0.29, 0.717) is 17.7 Å². The van der Waals surface area contributed by atoms with Gasteiger partial charge in [0.25, 0.3) is 0 Å². The third kappa shape index (κ3) is 9.48. The van der Waals surface area contributed by atoms with Gasteiger partial charge in [-0.15, -0.1) is 13.2 Å². The fraction of sp³-hybridized carbons (Fsp3) is 0.375. The first-order chi connectivity index (χ1) is 14.4. The van der Waals surface area contributed by atoms with E-state index in [2.05, 4.69) is 13.2 Å². The molecule has 3 atom stereocenters. The number of ether oxygens (including phenoxy) is 3. The number of rotatable bonds is 14. The molecule has 5 nitrogen and oxygen atoms in total. The lowest BCUT2D eigenvalue weighted by atomic mass is 9.95. The number of esters is 1. The topological polar surface area (TPSA) is 61.8 Å². The zero-order valence-corrected chi connectivity index (χ0v) is 18.9. The minimum atomic E-state index is -1.32. The van der Waals surface area contributed by atoms with Gasteiger partial charge >= 0.3 is 5.97 Å². The smallest absolute Gasteiger partial charge is 0.306 e. The molecule has 0 N–H and O–H groups in total. The number of carbonyl (C=O) groups excluding carboxylic acids is 1. The van der Waals surface area contributed by atoms with Crippen molar-refractivity contribution in [2.24, 2.45) is 5.92 Å². The van der Waals surface area contributed by atoms with E-state index < -0.39 is 10.8 Å². The first-order valence-corrected chi connectivity index (χ1v) is 10.9. The largest absolute Gasteiger partial charge is 0.469 e. The average Bonchev–Trinajstić information content (AvgIpc) is 2.74. The molecule has 0 aliphatic heterocycles. The molecular weight excluding hydrogens is 400 g/mol. The quantitative estimate of drug-likeness (QED) is 0.182. The van der Waals surface area contributed by atoms with Crippen LogP contribution in [0.1, 0.15) is 24.8 Å². The summed E-state index contributed by atoms with van der Waals surface area (Å²) >= 11 is 0. The van der Waals surface area contributed by atoms with Gasteiger partial charge in [-0.05, 0) is 49.5 Å². The van der Waals surface area contributed by atoms with E-state index in [1.807, 2.05) is 37.3 Å². The van der Waals surface area contributed by atoms with Crippen LogP contribution in [0.3, 0.4) is 0 Å². The summed E-state index contributed by atoms with van der Waals surface area (Å²) in [5.74, 6) is -0.427. The van der Waals surface area contributed by atoms with Crippen molar-refractivity contribution in [3.05, 3.63) is 78.3 Å². The van der Waals surface area contributed by atoms with Crippen LogP contribution >= 0.6 is 0 Å². The summed E-state index contributed by atoms with van der Waals surface area (Å²) in [5, 5.41) is 1.63.